The third-order valence-corrected chi connectivity index (χ3v) is 3.56. The van der Waals surface area contributed by atoms with Crippen LogP contribution in [0.1, 0.15) is 13.3 Å². The molecule has 0 aliphatic heterocycles. The number of anilines is 2. The molecule has 0 spiro atoms. The Morgan fingerprint density at radius 3 is 2.59 bits per heavy atom. The van der Waals surface area contributed by atoms with E-state index in [0.717, 1.165) is 43.2 Å². The van der Waals surface area contributed by atoms with Crippen molar-refractivity contribution in [2.45, 2.75) is 13.3 Å². The van der Waals surface area contributed by atoms with Crippen molar-refractivity contribution in [2.75, 3.05) is 30.3 Å². The molecule has 0 aliphatic rings. The molecule has 0 bridgehead atoms. The van der Waals surface area contributed by atoms with E-state index in [1.165, 1.54) is 0 Å². The van der Waals surface area contributed by atoms with Gasteiger partial charge in [0, 0.05) is 29.9 Å². The Morgan fingerprint density at radius 2 is 1.82 bits per heavy atom. The highest BCUT2D eigenvalue weighted by atomic mass is 35.5. The van der Waals surface area contributed by atoms with E-state index in [1.54, 1.807) is 6.07 Å². The van der Waals surface area contributed by atoms with Gasteiger partial charge < -0.3 is 15.4 Å². The first-order chi connectivity index (χ1) is 10.7. The standard InChI is InChI=1S/C17H20Cl2N2O/c1-2-10-22-15-5-3-4-14(12-15)20-8-9-21-17-7-6-13(18)11-16(17)19/h3-7,11-12,20-21H,2,8-10H2,1H3. The third-order valence-electron chi connectivity index (χ3n) is 3.01. The normalized spacial score (nSPS) is 10.3. The van der Waals surface area contributed by atoms with Gasteiger partial charge in [-0.05, 0) is 36.8 Å². The summed E-state index contributed by atoms with van der Waals surface area (Å²) in [5.41, 5.74) is 1.92. The average molecular weight is 339 g/mol. The van der Waals surface area contributed by atoms with E-state index in [2.05, 4.69) is 17.6 Å². The van der Waals surface area contributed by atoms with Crippen molar-refractivity contribution in [1.29, 1.82) is 0 Å². The van der Waals surface area contributed by atoms with Gasteiger partial charge in [0.2, 0.25) is 0 Å². The fourth-order valence-electron chi connectivity index (χ4n) is 1.95. The molecule has 2 aromatic carbocycles. The number of hydrogen-bond donors (Lipinski definition) is 2. The molecular weight excluding hydrogens is 319 g/mol. The maximum absolute atomic E-state index is 6.11. The Balaban J connectivity index is 1.78. The van der Waals surface area contributed by atoms with Crippen molar-refractivity contribution in [3.8, 4) is 5.75 Å². The summed E-state index contributed by atoms with van der Waals surface area (Å²) in [5.74, 6) is 0.889. The third kappa shape index (κ3) is 5.32. The molecule has 0 unspecified atom stereocenters. The van der Waals surface area contributed by atoms with Gasteiger partial charge in [0.1, 0.15) is 5.75 Å². The Kier molecular flexibility index (Phi) is 6.69. The maximum atomic E-state index is 6.11. The van der Waals surface area contributed by atoms with E-state index < -0.39 is 0 Å². The van der Waals surface area contributed by atoms with Crippen LogP contribution in [-0.4, -0.2) is 19.7 Å². The molecule has 0 heterocycles. The molecule has 2 N–H and O–H groups in total. The van der Waals surface area contributed by atoms with Crippen LogP contribution in [-0.2, 0) is 0 Å². The van der Waals surface area contributed by atoms with Crippen LogP contribution in [0, 0.1) is 0 Å². The van der Waals surface area contributed by atoms with Gasteiger partial charge in [0.15, 0.2) is 0 Å². The first-order valence-corrected chi connectivity index (χ1v) is 8.10. The molecule has 0 saturated heterocycles. The quantitative estimate of drug-likeness (QED) is 0.640. The van der Waals surface area contributed by atoms with Gasteiger partial charge in [-0.25, -0.2) is 0 Å². The molecule has 0 aromatic heterocycles. The second kappa shape index (κ2) is 8.76. The SMILES string of the molecule is CCCOc1cccc(NCCNc2ccc(Cl)cc2Cl)c1. The van der Waals surface area contributed by atoms with Crippen LogP contribution < -0.4 is 15.4 Å². The largest absolute Gasteiger partial charge is 0.494 e. The molecule has 2 rings (SSSR count). The monoisotopic (exact) mass is 338 g/mol. The summed E-state index contributed by atoms with van der Waals surface area (Å²) in [6, 6.07) is 13.4. The van der Waals surface area contributed by atoms with Crippen molar-refractivity contribution >= 4 is 34.6 Å². The summed E-state index contributed by atoms with van der Waals surface area (Å²) in [5, 5.41) is 7.89. The zero-order chi connectivity index (χ0) is 15.8. The summed E-state index contributed by atoms with van der Waals surface area (Å²) in [6.07, 6.45) is 1.00. The van der Waals surface area contributed by atoms with Gasteiger partial charge >= 0.3 is 0 Å². The van der Waals surface area contributed by atoms with Crippen molar-refractivity contribution in [1.82, 2.24) is 0 Å². The van der Waals surface area contributed by atoms with Crippen LogP contribution in [0.3, 0.4) is 0 Å². The Hall–Kier alpha value is -1.58. The van der Waals surface area contributed by atoms with E-state index in [0.29, 0.717) is 10.0 Å². The van der Waals surface area contributed by atoms with Crippen LogP contribution in [0.5, 0.6) is 5.75 Å². The molecule has 0 saturated carbocycles. The van der Waals surface area contributed by atoms with Gasteiger partial charge in [-0.3, -0.25) is 0 Å². The highest BCUT2D eigenvalue weighted by molar-refractivity contribution is 6.36. The second-order valence-corrected chi connectivity index (χ2v) is 5.70. The predicted octanol–water partition coefficient (Wildman–Crippen LogP) is 5.31. The minimum absolute atomic E-state index is 0.627. The van der Waals surface area contributed by atoms with E-state index in [-0.39, 0.29) is 0 Å². The number of nitrogens with one attached hydrogen (secondary N) is 2. The van der Waals surface area contributed by atoms with Gasteiger partial charge in [-0.1, -0.05) is 36.2 Å². The van der Waals surface area contributed by atoms with Gasteiger partial charge in [0.25, 0.3) is 0 Å². The molecule has 3 nitrogen and oxygen atoms in total. The molecule has 0 aliphatic carbocycles. The molecule has 0 atom stereocenters. The molecule has 0 fully saturated rings. The lowest BCUT2D eigenvalue weighted by Crippen LogP contribution is -2.13. The molecule has 0 radical (unpaired) electrons. The van der Waals surface area contributed by atoms with Gasteiger partial charge in [-0.2, -0.15) is 0 Å². The molecule has 5 heteroatoms. The number of rotatable bonds is 8. The summed E-state index contributed by atoms with van der Waals surface area (Å²) in [7, 11) is 0. The van der Waals surface area contributed by atoms with Crippen LogP contribution >= 0.6 is 23.2 Å². The number of hydrogen-bond acceptors (Lipinski definition) is 3. The van der Waals surface area contributed by atoms with Crippen LogP contribution in [0.2, 0.25) is 10.0 Å². The van der Waals surface area contributed by atoms with E-state index in [9.17, 15) is 0 Å². The van der Waals surface area contributed by atoms with Crippen molar-refractivity contribution in [2.24, 2.45) is 0 Å². The lowest BCUT2D eigenvalue weighted by atomic mass is 10.3. The van der Waals surface area contributed by atoms with E-state index in [1.807, 2.05) is 36.4 Å². The summed E-state index contributed by atoms with van der Waals surface area (Å²) in [4.78, 5) is 0. The second-order valence-electron chi connectivity index (χ2n) is 4.85. The molecular formula is C17H20Cl2N2O. The Bertz CT molecular complexity index is 605. The smallest absolute Gasteiger partial charge is 0.121 e. The molecule has 118 valence electrons. The van der Waals surface area contributed by atoms with Crippen molar-refractivity contribution in [3.05, 3.63) is 52.5 Å². The van der Waals surface area contributed by atoms with Crippen LogP contribution in [0.25, 0.3) is 0 Å². The lowest BCUT2D eigenvalue weighted by Gasteiger charge is -2.11. The Morgan fingerprint density at radius 1 is 1.00 bits per heavy atom. The summed E-state index contributed by atoms with van der Waals surface area (Å²) in [6.45, 7) is 4.35. The zero-order valence-electron chi connectivity index (χ0n) is 12.5. The fourth-order valence-corrected chi connectivity index (χ4v) is 2.43. The minimum Gasteiger partial charge on any atom is -0.494 e. The lowest BCUT2D eigenvalue weighted by molar-refractivity contribution is 0.317. The zero-order valence-corrected chi connectivity index (χ0v) is 14.0. The maximum Gasteiger partial charge on any atom is 0.121 e. The van der Waals surface area contributed by atoms with Gasteiger partial charge in [-0.15, -0.1) is 0 Å². The van der Waals surface area contributed by atoms with E-state index in [4.69, 9.17) is 27.9 Å². The number of ether oxygens (including phenoxy) is 1. The van der Waals surface area contributed by atoms with Gasteiger partial charge in [0.05, 0.1) is 17.3 Å². The van der Waals surface area contributed by atoms with Crippen molar-refractivity contribution < 1.29 is 4.74 Å². The van der Waals surface area contributed by atoms with Crippen molar-refractivity contribution in [3.63, 3.8) is 0 Å². The summed E-state index contributed by atoms with van der Waals surface area (Å²) >= 11 is 12.0. The molecule has 0 amide bonds. The first kappa shape index (κ1) is 16.8. The average Bonchev–Trinajstić information content (AvgIpc) is 2.51. The van der Waals surface area contributed by atoms with Crippen LogP contribution in [0.4, 0.5) is 11.4 Å². The minimum atomic E-state index is 0.627. The fraction of sp³-hybridized carbons (Fsp3) is 0.294. The van der Waals surface area contributed by atoms with Crippen LogP contribution in [0.15, 0.2) is 42.5 Å². The first-order valence-electron chi connectivity index (χ1n) is 7.34. The Labute approximate surface area is 141 Å². The molecule has 2 aromatic rings. The topological polar surface area (TPSA) is 33.3 Å². The number of benzene rings is 2. The predicted molar refractivity (Wildman–Crippen MR) is 95.7 cm³/mol. The summed E-state index contributed by atoms with van der Waals surface area (Å²) < 4.78 is 5.61. The number of halogens is 2. The highest BCUT2D eigenvalue weighted by Gasteiger charge is 2.00. The highest BCUT2D eigenvalue weighted by Crippen LogP contribution is 2.25. The van der Waals surface area contributed by atoms with E-state index >= 15 is 0 Å². The molecule has 22 heavy (non-hydrogen) atoms.